The maximum atomic E-state index is 12.4. The van der Waals surface area contributed by atoms with E-state index in [4.69, 9.17) is 0 Å². The quantitative estimate of drug-likeness (QED) is 0.726. The van der Waals surface area contributed by atoms with Crippen LogP contribution in [0.2, 0.25) is 0 Å². The molecule has 2 N–H and O–H groups in total. The Bertz CT molecular complexity index is 400. The fourth-order valence-electron chi connectivity index (χ4n) is 2.69. The highest BCUT2D eigenvalue weighted by atomic mass is 16.2. The molecule has 98 valence electrons. The standard InChI is InChI=1S/C12H18N4O2/c1-5-7-15-10(18)16(8-6-2)12(4)11(15,3)13-9(17)14-12/h5-6H,1-2,7-8H2,3-4H3,(H2,13,14,17). The van der Waals surface area contributed by atoms with Crippen LogP contribution in [0.4, 0.5) is 9.59 Å². The van der Waals surface area contributed by atoms with Gasteiger partial charge in [-0.3, -0.25) is 9.80 Å². The molecule has 0 radical (unpaired) electrons. The van der Waals surface area contributed by atoms with Gasteiger partial charge in [-0.05, 0) is 13.8 Å². The van der Waals surface area contributed by atoms with E-state index in [9.17, 15) is 9.59 Å². The molecule has 0 saturated carbocycles. The molecule has 6 nitrogen and oxygen atoms in total. The van der Waals surface area contributed by atoms with Gasteiger partial charge < -0.3 is 10.6 Å². The van der Waals surface area contributed by atoms with Gasteiger partial charge in [0, 0.05) is 13.1 Å². The molecular formula is C12H18N4O2. The van der Waals surface area contributed by atoms with Crippen LogP contribution in [-0.4, -0.2) is 46.3 Å². The normalized spacial score (nSPS) is 34.1. The van der Waals surface area contributed by atoms with Crippen molar-refractivity contribution >= 4 is 12.1 Å². The first-order chi connectivity index (χ1) is 8.40. The zero-order valence-corrected chi connectivity index (χ0v) is 10.7. The second-order valence-electron chi connectivity index (χ2n) is 4.80. The van der Waals surface area contributed by atoms with E-state index in [1.807, 2.05) is 13.8 Å². The molecule has 2 rings (SSSR count). The Morgan fingerprint density at radius 2 is 1.44 bits per heavy atom. The Morgan fingerprint density at radius 1 is 1.06 bits per heavy atom. The van der Waals surface area contributed by atoms with Crippen LogP contribution in [0.5, 0.6) is 0 Å². The molecule has 2 aliphatic heterocycles. The Labute approximate surface area is 106 Å². The first-order valence-corrected chi connectivity index (χ1v) is 5.82. The van der Waals surface area contributed by atoms with E-state index < -0.39 is 11.3 Å². The third-order valence-electron chi connectivity index (χ3n) is 3.83. The third kappa shape index (κ3) is 1.28. The van der Waals surface area contributed by atoms with E-state index in [1.165, 1.54) is 0 Å². The number of carbonyl (C=O) groups is 2. The fourth-order valence-corrected chi connectivity index (χ4v) is 2.69. The van der Waals surface area contributed by atoms with Crippen molar-refractivity contribution in [3.8, 4) is 0 Å². The van der Waals surface area contributed by atoms with Gasteiger partial charge in [-0.25, -0.2) is 9.59 Å². The Hall–Kier alpha value is -1.98. The summed E-state index contributed by atoms with van der Waals surface area (Å²) >= 11 is 0. The summed E-state index contributed by atoms with van der Waals surface area (Å²) in [4.78, 5) is 27.2. The van der Waals surface area contributed by atoms with Crippen molar-refractivity contribution < 1.29 is 9.59 Å². The van der Waals surface area contributed by atoms with E-state index >= 15 is 0 Å². The summed E-state index contributed by atoms with van der Waals surface area (Å²) in [5.74, 6) is 0. The summed E-state index contributed by atoms with van der Waals surface area (Å²) in [6, 6.07) is -0.428. The monoisotopic (exact) mass is 250 g/mol. The molecule has 0 aromatic carbocycles. The Kier molecular flexibility index (Phi) is 2.61. The maximum Gasteiger partial charge on any atom is 0.324 e. The number of amides is 4. The van der Waals surface area contributed by atoms with E-state index in [1.54, 1.807) is 22.0 Å². The molecular weight excluding hydrogens is 232 g/mol. The van der Waals surface area contributed by atoms with Crippen LogP contribution in [0.3, 0.4) is 0 Å². The van der Waals surface area contributed by atoms with Gasteiger partial charge in [-0.15, -0.1) is 13.2 Å². The lowest BCUT2D eigenvalue weighted by Crippen LogP contribution is -2.63. The zero-order valence-electron chi connectivity index (χ0n) is 10.7. The molecule has 2 heterocycles. The van der Waals surface area contributed by atoms with Crippen LogP contribution >= 0.6 is 0 Å². The van der Waals surface area contributed by atoms with Gasteiger partial charge in [0.2, 0.25) is 0 Å². The molecule has 2 atom stereocenters. The molecule has 4 amide bonds. The summed E-state index contributed by atoms with van der Waals surface area (Å²) < 4.78 is 0. The summed E-state index contributed by atoms with van der Waals surface area (Å²) in [5.41, 5.74) is -1.59. The van der Waals surface area contributed by atoms with Gasteiger partial charge in [0.05, 0.1) is 0 Å². The first-order valence-electron chi connectivity index (χ1n) is 5.82. The molecule has 6 heteroatoms. The number of fused-ring (bicyclic) bond motifs is 1. The van der Waals surface area contributed by atoms with Crippen LogP contribution in [0.1, 0.15) is 13.8 Å². The zero-order chi connectivity index (χ0) is 13.6. The highest BCUT2D eigenvalue weighted by Crippen LogP contribution is 2.40. The van der Waals surface area contributed by atoms with Crippen molar-refractivity contribution in [3.63, 3.8) is 0 Å². The second kappa shape index (κ2) is 3.76. The SMILES string of the molecule is C=CCN1C(=O)N(CC=C)C2(C)NC(=O)NC12C. The predicted molar refractivity (Wildman–Crippen MR) is 67.7 cm³/mol. The van der Waals surface area contributed by atoms with Gasteiger partial charge in [-0.1, -0.05) is 12.2 Å². The smallest absolute Gasteiger partial charge is 0.311 e. The summed E-state index contributed by atoms with van der Waals surface area (Å²) in [6.07, 6.45) is 3.29. The number of urea groups is 2. The molecule has 2 fully saturated rings. The number of nitrogens with zero attached hydrogens (tertiary/aromatic N) is 2. The minimum absolute atomic E-state index is 0.146. The van der Waals surface area contributed by atoms with Crippen molar-refractivity contribution in [3.05, 3.63) is 25.3 Å². The van der Waals surface area contributed by atoms with Gasteiger partial charge in [-0.2, -0.15) is 0 Å². The molecule has 0 aromatic heterocycles. The van der Waals surface area contributed by atoms with Crippen LogP contribution in [0, 0.1) is 0 Å². The highest BCUT2D eigenvalue weighted by Gasteiger charge is 2.66. The predicted octanol–water partition coefficient (Wildman–Crippen LogP) is 0.841. The van der Waals surface area contributed by atoms with Crippen LogP contribution in [0.25, 0.3) is 0 Å². The van der Waals surface area contributed by atoms with Gasteiger partial charge >= 0.3 is 12.1 Å². The van der Waals surface area contributed by atoms with Crippen molar-refractivity contribution in [1.29, 1.82) is 0 Å². The number of carbonyl (C=O) groups excluding carboxylic acids is 2. The van der Waals surface area contributed by atoms with Crippen molar-refractivity contribution in [2.75, 3.05) is 13.1 Å². The van der Waals surface area contributed by atoms with E-state index in [0.717, 1.165) is 0 Å². The van der Waals surface area contributed by atoms with E-state index in [-0.39, 0.29) is 12.1 Å². The largest absolute Gasteiger partial charge is 0.324 e. The van der Waals surface area contributed by atoms with Crippen molar-refractivity contribution in [2.24, 2.45) is 0 Å². The number of nitrogens with one attached hydrogen (secondary N) is 2. The Morgan fingerprint density at radius 3 is 1.78 bits per heavy atom. The molecule has 0 aromatic rings. The fraction of sp³-hybridized carbons (Fsp3) is 0.500. The number of hydrogen-bond donors (Lipinski definition) is 2. The van der Waals surface area contributed by atoms with Gasteiger partial charge in [0.15, 0.2) is 11.3 Å². The minimum Gasteiger partial charge on any atom is -0.311 e. The first kappa shape index (κ1) is 12.5. The molecule has 2 unspecified atom stereocenters. The van der Waals surface area contributed by atoms with E-state index in [0.29, 0.717) is 13.1 Å². The van der Waals surface area contributed by atoms with Gasteiger partial charge in [0.1, 0.15) is 0 Å². The summed E-state index contributed by atoms with van der Waals surface area (Å²) in [7, 11) is 0. The number of hydrogen-bond acceptors (Lipinski definition) is 2. The molecule has 0 bridgehead atoms. The number of rotatable bonds is 4. The molecule has 2 saturated heterocycles. The summed E-state index contributed by atoms with van der Waals surface area (Å²) in [5, 5.41) is 5.64. The average Bonchev–Trinajstić information content (AvgIpc) is 2.60. The lowest BCUT2D eigenvalue weighted by Gasteiger charge is -2.38. The average molecular weight is 250 g/mol. The van der Waals surface area contributed by atoms with Gasteiger partial charge in [0.25, 0.3) is 0 Å². The van der Waals surface area contributed by atoms with Crippen molar-refractivity contribution in [1.82, 2.24) is 20.4 Å². The van der Waals surface area contributed by atoms with Crippen LogP contribution < -0.4 is 10.6 Å². The summed E-state index contributed by atoms with van der Waals surface area (Å²) in [6.45, 7) is 11.7. The topological polar surface area (TPSA) is 64.7 Å². The lowest BCUT2D eigenvalue weighted by atomic mass is 9.98. The highest BCUT2D eigenvalue weighted by molar-refractivity contribution is 5.88. The van der Waals surface area contributed by atoms with Crippen LogP contribution in [0.15, 0.2) is 25.3 Å². The second-order valence-corrected chi connectivity index (χ2v) is 4.80. The lowest BCUT2D eigenvalue weighted by molar-refractivity contribution is 0.0873. The minimum atomic E-state index is -0.793. The van der Waals surface area contributed by atoms with Crippen molar-refractivity contribution in [2.45, 2.75) is 25.2 Å². The Balaban J connectivity index is 2.48. The molecule has 2 aliphatic rings. The van der Waals surface area contributed by atoms with Crippen LogP contribution in [-0.2, 0) is 0 Å². The third-order valence-corrected chi connectivity index (χ3v) is 3.83. The molecule has 0 spiro atoms. The van der Waals surface area contributed by atoms with E-state index in [2.05, 4.69) is 23.8 Å². The maximum absolute atomic E-state index is 12.4. The molecule has 18 heavy (non-hydrogen) atoms. The molecule has 0 aliphatic carbocycles.